The van der Waals surface area contributed by atoms with Crippen molar-refractivity contribution in [1.29, 1.82) is 0 Å². The predicted molar refractivity (Wildman–Crippen MR) is 84.6 cm³/mol. The average molecular weight is 311 g/mol. The normalized spacial score (nSPS) is 29.9. The molecule has 0 aliphatic carbocycles. The predicted octanol–water partition coefficient (Wildman–Crippen LogP) is 2.22. The maximum absolute atomic E-state index is 13.2. The molecule has 0 bridgehead atoms. The summed E-state index contributed by atoms with van der Waals surface area (Å²) < 4.78 is 13.2. The highest BCUT2D eigenvalue weighted by atomic mass is 19.1. The number of amides is 1. The number of carbonyl (C=O) groups excluding carboxylic acids is 1. The number of hydrazine groups is 1. The fourth-order valence-electron chi connectivity index (χ4n) is 3.75. The minimum Gasteiger partial charge on any atom is -0.339 e. The Morgan fingerprint density at radius 1 is 0.913 bits per heavy atom. The SMILES string of the molecule is O=C1CC(c2ccc(F)cc2)C2C(NNC2c2ccccc2)N1. The largest absolute Gasteiger partial charge is 0.339 e. The molecule has 1 amide bonds. The molecular weight excluding hydrogens is 293 g/mol. The van der Waals surface area contributed by atoms with Gasteiger partial charge in [0, 0.05) is 18.3 Å². The molecule has 4 rings (SSSR count). The Hall–Kier alpha value is -2.24. The van der Waals surface area contributed by atoms with Crippen molar-refractivity contribution in [3.05, 3.63) is 71.5 Å². The Kier molecular flexibility index (Phi) is 3.59. The third-order valence-electron chi connectivity index (χ3n) is 4.81. The summed E-state index contributed by atoms with van der Waals surface area (Å²) >= 11 is 0. The Bertz CT molecular complexity index is 704. The van der Waals surface area contributed by atoms with E-state index in [4.69, 9.17) is 0 Å². The Morgan fingerprint density at radius 2 is 1.65 bits per heavy atom. The van der Waals surface area contributed by atoms with Gasteiger partial charge in [-0.1, -0.05) is 42.5 Å². The van der Waals surface area contributed by atoms with Crippen molar-refractivity contribution in [3.63, 3.8) is 0 Å². The van der Waals surface area contributed by atoms with Crippen LogP contribution in [0.25, 0.3) is 0 Å². The minimum absolute atomic E-state index is 0.0172. The van der Waals surface area contributed by atoms with Crippen LogP contribution in [0.2, 0.25) is 0 Å². The number of benzene rings is 2. The van der Waals surface area contributed by atoms with Gasteiger partial charge >= 0.3 is 0 Å². The van der Waals surface area contributed by atoms with Crippen molar-refractivity contribution >= 4 is 5.91 Å². The first kappa shape index (κ1) is 14.4. The van der Waals surface area contributed by atoms with E-state index in [-0.39, 0.29) is 35.8 Å². The number of halogens is 1. The quantitative estimate of drug-likeness (QED) is 0.797. The summed E-state index contributed by atoms with van der Waals surface area (Å²) in [5.74, 6) is -0.0287. The van der Waals surface area contributed by atoms with E-state index in [9.17, 15) is 9.18 Å². The molecule has 0 spiro atoms. The fraction of sp³-hybridized carbons (Fsp3) is 0.278. The number of carbonyl (C=O) groups is 1. The maximum Gasteiger partial charge on any atom is 0.221 e. The molecule has 23 heavy (non-hydrogen) atoms. The van der Waals surface area contributed by atoms with E-state index in [0.29, 0.717) is 6.42 Å². The van der Waals surface area contributed by atoms with E-state index >= 15 is 0 Å². The zero-order valence-electron chi connectivity index (χ0n) is 12.5. The standard InChI is InChI=1S/C18H18FN3O/c19-13-8-6-11(7-9-13)14-10-15(23)20-18-16(14)17(21-22-18)12-4-2-1-3-5-12/h1-9,14,16-18,21-22H,10H2,(H,20,23). The van der Waals surface area contributed by atoms with Crippen LogP contribution in [0, 0.1) is 11.7 Å². The van der Waals surface area contributed by atoms with Crippen LogP contribution >= 0.6 is 0 Å². The van der Waals surface area contributed by atoms with Crippen LogP contribution < -0.4 is 16.2 Å². The van der Waals surface area contributed by atoms with E-state index in [0.717, 1.165) is 5.56 Å². The summed E-state index contributed by atoms with van der Waals surface area (Å²) in [6.45, 7) is 0. The van der Waals surface area contributed by atoms with Crippen molar-refractivity contribution in [2.24, 2.45) is 5.92 Å². The van der Waals surface area contributed by atoms with E-state index in [2.05, 4.69) is 28.3 Å². The van der Waals surface area contributed by atoms with Gasteiger partial charge in [-0.3, -0.25) is 4.79 Å². The lowest BCUT2D eigenvalue weighted by atomic mass is 9.74. The molecule has 3 N–H and O–H groups in total. The van der Waals surface area contributed by atoms with Gasteiger partial charge in [0.1, 0.15) is 5.82 Å². The summed E-state index contributed by atoms with van der Waals surface area (Å²) in [5, 5.41) is 3.00. The second-order valence-corrected chi connectivity index (χ2v) is 6.16. The monoisotopic (exact) mass is 311 g/mol. The number of hydrogen-bond acceptors (Lipinski definition) is 3. The van der Waals surface area contributed by atoms with Crippen LogP contribution in [0.5, 0.6) is 0 Å². The molecule has 2 aliphatic heterocycles. The molecule has 0 aromatic heterocycles. The molecule has 2 saturated heterocycles. The van der Waals surface area contributed by atoms with Gasteiger partial charge in [0.25, 0.3) is 0 Å². The maximum atomic E-state index is 13.2. The first-order chi connectivity index (χ1) is 11.2. The summed E-state index contributed by atoms with van der Waals surface area (Å²) in [5.41, 5.74) is 8.68. The van der Waals surface area contributed by atoms with Crippen LogP contribution in [-0.4, -0.2) is 12.1 Å². The van der Waals surface area contributed by atoms with Crippen molar-refractivity contribution in [3.8, 4) is 0 Å². The van der Waals surface area contributed by atoms with Gasteiger partial charge in [-0.15, -0.1) is 0 Å². The van der Waals surface area contributed by atoms with Crippen molar-refractivity contribution < 1.29 is 9.18 Å². The molecule has 2 fully saturated rings. The lowest BCUT2D eigenvalue weighted by Crippen LogP contribution is -2.52. The fourth-order valence-corrected chi connectivity index (χ4v) is 3.75. The molecule has 5 heteroatoms. The molecule has 2 aromatic rings. The molecule has 118 valence electrons. The number of rotatable bonds is 2. The zero-order chi connectivity index (χ0) is 15.8. The highest BCUT2D eigenvalue weighted by molar-refractivity contribution is 5.78. The van der Waals surface area contributed by atoms with Gasteiger partial charge in [0.15, 0.2) is 0 Å². The second-order valence-electron chi connectivity index (χ2n) is 6.16. The molecule has 4 nitrogen and oxygen atoms in total. The number of nitrogens with one attached hydrogen (secondary N) is 3. The van der Waals surface area contributed by atoms with Gasteiger partial charge < -0.3 is 5.32 Å². The topological polar surface area (TPSA) is 53.2 Å². The smallest absolute Gasteiger partial charge is 0.221 e. The molecule has 0 saturated carbocycles. The van der Waals surface area contributed by atoms with Crippen LogP contribution in [0.15, 0.2) is 54.6 Å². The van der Waals surface area contributed by atoms with Gasteiger partial charge in [-0.05, 0) is 23.3 Å². The highest BCUT2D eigenvalue weighted by Gasteiger charge is 2.46. The summed E-state index contributed by atoms with van der Waals surface area (Å²) in [4.78, 5) is 12.0. The van der Waals surface area contributed by atoms with E-state index in [1.807, 2.05) is 18.2 Å². The molecule has 4 unspecified atom stereocenters. The Morgan fingerprint density at radius 3 is 2.39 bits per heavy atom. The third kappa shape index (κ3) is 2.62. The molecule has 4 atom stereocenters. The van der Waals surface area contributed by atoms with Crippen molar-refractivity contribution in [2.45, 2.75) is 24.5 Å². The van der Waals surface area contributed by atoms with E-state index < -0.39 is 0 Å². The number of fused-ring (bicyclic) bond motifs is 1. The van der Waals surface area contributed by atoms with Gasteiger partial charge in [0.2, 0.25) is 5.91 Å². The van der Waals surface area contributed by atoms with Crippen LogP contribution in [0.4, 0.5) is 4.39 Å². The van der Waals surface area contributed by atoms with Crippen molar-refractivity contribution in [1.82, 2.24) is 16.2 Å². The summed E-state index contributed by atoms with van der Waals surface area (Å²) in [6, 6.07) is 16.8. The Balaban J connectivity index is 1.71. The van der Waals surface area contributed by atoms with Crippen LogP contribution in [0.1, 0.15) is 29.5 Å². The average Bonchev–Trinajstić information content (AvgIpc) is 2.99. The van der Waals surface area contributed by atoms with Gasteiger partial charge in [-0.25, -0.2) is 15.2 Å². The number of piperidine rings is 1. The third-order valence-corrected chi connectivity index (χ3v) is 4.81. The highest BCUT2D eigenvalue weighted by Crippen LogP contribution is 2.42. The van der Waals surface area contributed by atoms with Crippen molar-refractivity contribution in [2.75, 3.05) is 0 Å². The van der Waals surface area contributed by atoms with Gasteiger partial charge in [0.05, 0.1) is 12.2 Å². The first-order valence-electron chi connectivity index (χ1n) is 7.83. The second kappa shape index (κ2) is 5.76. The van der Waals surface area contributed by atoms with E-state index in [1.165, 1.54) is 17.7 Å². The minimum atomic E-state index is -0.257. The molecule has 0 radical (unpaired) electrons. The van der Waals surface area contributed by atoms with Crippen LogP contribution in [-0.2, 0) is 4.79 Å². The first-order valence-corrected chi connectivity index (χ1v) is 7.83. The molecule has 2 aromatic carbocycles. The van der Waals surface area contributed by atoms with Gasteiger partial charge in [-0.2, -0.15) is 0 Å². The lowest BCUT2D eigenvalue weighted by Gasteiger charge is -2.36. The Labute approximate surface area is 134 Å². The molecule has 2 aliphatic rings. The molecule has 2 heterocycles. The van der Waals surface area contributed by atoms with E-state index in [1.54, 1.807) is 12.1 Å². The summed E-state index contributed by atoms with van der Waals surface area (Å²) in [6.07, 6.45) is 0.288. The summed E-state index contributed by atoms with van der Waals surface area (Å²) in [7, 11) is 0. The molecular formula is C18H18FN3O. The number of hydrogen-bond donors (Lipinski definition) is 3. The van der Waals surface area contributed by atoms with Crippen LogP contribution in [0.3, 0.4) is 0 Å². The lowest BCUT2D eigenvalue weighted by molar-refractivity contribution is -0.125. The zero-order valence-corrected chi connectivity index (χ0v) is 12.5.